The molecule has 2 heterocycles. The largest absolute Gasteiger partial charge is 0.311 e. The zero-order valence-electron chi connectivity index (χ0n) is 11.5. The molecule has 108 valence electrons. The third kappa shape index (κ3) is 4.27. The summed E-state index contributed by atoms with van der Waals surface area (Å²) in [7, 11) is 0. The Kier molecular flexibility index (Phi) is 5.25. The lowest BCUT2D eigenvalue weighted by atomic mass is 10.1. The standard InChI is InChI=1S/C17H16BrNS2/c18-17-7-6-15(21-17)8-9-19-11-16-10-14(12-20-16)13-4-2-1-3-5-13/h1-7,10,12,19H,8-9,11H2. The van der Waals surface area contributed by atoms with Gasteiger partial charge in [0.2, 0.25) is 0 Å². The van der Waals surface area contributed by atoms with Crippen molar-refractivity contribution in [3.8, 4) is 11.1 Å². The maximum absolute atomic E-state index is 3.53. The Bertz CT molecular complexity index is 688. The molecule has 0 fully saturated rings. The van der Waals surface area contributed by atoms with E-state index in [4.69, 9.17) is 0 Å². The second kappa shape index (κ2) is 7.36. The topological polar surface area (TPSA) is 12.0 Å². The second-order valence-electron chi connectivity index (χ2n) is 4.80. The fourth-order valence-electron chi connectivity index (χ4n) is 2.16. The van der Waals surface area contributed by atoms with E-state index >= 15 is 0 Å². The summed E-state index contributed by atoms with van der Waals surface area (Å²) >= 11 is 7.14. The van der Waals surface area contributed by atoms with Crippen LogP contribution in [-0.2, 0) is 13.0 Å². The molecule has 0 spiro atoms. The molecular formula is C17H16BrNS2. The Hall–Kier alpha value is -0.940. The zero-order valence-corrected chi connectivity index (χ0v) is 14.7. The summed E-state index contributed by atoms with van der Waals surface area (Å²) in [5, 5.41) is 5.76. The maximum atomic E-state index is 3.53. The minimum atomic E-state index is 0.948. The number of nitrogens with one attached hydrogen (secondary N) is 1. The van der Waals surface area contributed by atoms with Gasteiger partial charge in [-0.05, 0) is 57.1 Å². The van der Waals surface area contributed by atoms with Crippen LogP contribution >= 0.6 is 38.6 Å². The molecule has 1 N–H and O–H groups in total. The molecular weight excluding hydrogens is 362 g/mol. The minimum absolute atomic E-state index is 0.948. The summed E-state index contributed by atoms with van der Waals surface area (Å²) in [4.78, 5) is 2.81. The predicted octanol–water partition coefficient (Wildman–Crippen LogP) is 5.57. The average molecular weight is 378 g/mol. The van der Waals surface area contributed by atoms with E-state index in [2.05, 4.69) is 75.2 Å². The smallest absolute Gasteiger partial charge is 0.0701 e. The molecule has 0 aliphatic heterocycles. The van der Waals surface area contributed by atoms with Gasteiger partial charge in [-0.2, -0.15) is 0 Å². The molecule has 2 aromatic heterocycles. The highest BCUT2D eigenvalue weighted by Crippen LogP contribution is 2.25. The van der Waals surface area contributed by atoms with Gasteiger partial charge in [0.1, 0.15) is 0 Å². The SMILES string of the molecule is Brc1ccc(CCNCc2cc(-c3ccccc3)cs2)s1. The highest BCUT2D eigenvalue weighted by molar-refractivity contribution is 9.11. The van der Waals surface area contributed by atoms with Gasteiger partial charge in [0.05, 0.1) is 3.79 Å². The van der Waals surface area contributed by atoms with E-state index in [-0.39, 0.29) is 0 Å². The van der Waals surface area contributed by atoms with Crippen LogP contribution < -0.4 is 5.32 Å². The van der Waals surface area contributed by atoms with Gasteiger partial charge in [0.25, 0.3) is 0 Å². The Balaban J connectivity index is 1.49. The third-order valence-electron chi connectivity index (χ3n) is 3.24. The molecule has 1 aromatic carbocycles. The molecule has 0 amide bonds. The van der Waals surface area contributed by atoms with Crippen molar-refractivity contribution in [3.05, 3.63) is 67.5 Å². The van der Waals surface area contributed by atoms with Crippen molar-refractivity contribution in [3.63, 3.8) is 0 Å². The van der Waals surface area contributed by atoms with Crippen LogP contribution in [0.4, 0.5) is 0 Å². The van der Waals surface area contributed by atoms with Crippen LogP contribution in [0.3, 0.4) is 0 Å². The molecule has 0 saturated carbocycles. The van der Waals surface area contributed by atoms with Crippen molar-refractivity contribution in [2.75, 3.05) is 6.54 Å². The Labute approximate surface area is 141 Å². The first kappa shape index (κ1) is 15.0. The maximum Gasteiger partial charge on any atom is 0.0701 e. The van der Waals surface area contributed by atoms with Gasteiger partial charge in [-0.15, -0.1) is 22.7 Å². The molecule has 0 radical (unpaired) electrons. The van der Waals surface area contributed by atoms with E-state index < -0.39 is 0 Å². The average Bonchev–Trinajstić information content (AvgIpc) is 3.14. The van der Waals surface area contributed by atoms with Crippen molar-refractivity contribution in [2.45, 2.75) is 13.0 Å². The van der Waals surface area contributed by atoms with Crippen molar-refractivity contribution in [1.82, 2.24) is 5.32 Å². The first-order valence-electron chi connectivity index (χ1n) is 6.89. The van der Waals surface area contributed by atoms with Gasteiger partial charge in [-0.25, -0.2) is 0 Å². The number of rotatable bonds is 6. The second-order valence-corrected chi connectivity index (χ2v) is 8.34. The summed E-state index contributed by atoms with van der Waals surface area (Å²) in [6, 6.07) is 17.1. The molecule has 0 atom stereocenters. The predicted molar refractivity (Wildman–Crippen MR) is 97.2 cm³/mol. The lowest BCUT2D eigenvalue weighted by Gasteiger charge is -2.01. The van der Waals surface area contributed by atoms with E-state index in [1.807, 2.05) is 22.7 Å². The van der Waals surface area contributed by atoms with E-state index in [0.29, 0.717) is 0 Å². The zero-order chi connectivity index (χ0) is 14.5. The molecule has 0 unspecified atom stereocenters. The van der Waals surface area contributed by atoms with Crippen molar-refractivity contribution >= 4 is 38.6 Å². The van der Waals surface area contributed by atoms with Crippen LogP contribution in [0.15, 0.2) is 57.7 Å². The van der Waals surface area contributed by atoms with Crippen molar-refractivity contribution in [2.24, 2.45) is 0 Å². The monoisotopic (exact) mass is 377 g/mol. The van der Waals surface area contributed by atoms with Crippen LogP contribution in [0, 0.1) is 0 Å². The van der Waals surface area contributed by atoms with Gasteiger partial charge >= 0.3 is 0 Å². The molecule has 4 heteroatoms. The Morgan fingerprint density at radius 2 is 1.81 bits per heavy atom. The molecule has 1 nitrogen and oxygen atoms in total. The van der Waals surface area contributed by atoms with E-state index in [9.17, 15) is 0 Å². The third-order valence-corrected chi connectivity index (χ3v) is 5.86. The van der Waals surface area contributed by atoms with Gasteiger partial charge in [0, 0.05) is 22.8 Å². The number of hydrogen-bond donors (Lipinski definition) is 1. The molecule has 3 aromatic rings. The fraction of sp³-hybridized carbons (Fsp3) is 0.176. The van der Waals surface area contributed by atoms with Gasteiger partial charge in [-0.3, -0.25) is 0 Å². The summed E-state index contributed by atoms with van der Waals surface area (Å²) in [5.74, 6) is 0. The van der Waals surface area contributed by atoms with Gasteiger partial charge in [0.15, 0.2) is 0 Å². The van der Waals surface area contributed by atoms with Gasteiger partial charge in [-0.1, -0.05) is 30.3 Å². The van der Waals surface area contributed by atoms with E-state index in [0.717, 1.165) is 19.5 Å². The van der Waals surface area contributed by atoms with Crippen LogP contribution in [0.1, 0.15) is 9.75 Å². The number of benzene rings is 1. The fourth-order valence-corrected chi connectivity index (χ4v) is 4.51. The molecule has 0 aliphatic rings. The summed E-state index contributed by atoms with van der Waals surface area (Å²) in [6.45, 7) is 1.97. The van der Waals surface area contributed by atoms with Crippen LogP contribution in [-0.4, -0.2) is 6.54 Å². The quantitative estimate of drug-likeness (QED) is 0.553. The summed E-state index contributed by atoms with van der Waals surface area (Å²) in [5.41, 5.74) is 2.61. The summed E-state index contributed by atoms with van der Waals surface area (Å²) in [6.07, 6.45) is 1.09. The molecule has 0 aliphatic carbocycles. The Morgan fingerprint density at radius 3 is 2.57 bits per heavy atom. The first-order chi connectivity index (χ1) is 10.3. The number of halogens is 1. The normalized spacial score (nSPS) is 10.9. The van der Waals surface area contributed by atoms with Crippen LogP contribution in [0.2, 0.25) is 0 Å². The molecule has 3 rings (SSSR count). The molecule has 0 bridgehead atoms. The first-order valence-corrected chi connectivity index (χ1v) is 9.38. The number of hydrogen-bond acceptors (Lipinski definition) is 3. The summed E-state index contributed by atoms with van der Waals surface area (Å²) < 4.78 is 1.21. The minimum Gasteiger partial charge on any atom is -0.311 e. The van der Waals surface area contributed by atoms with Crippen molar-refractivity contribution in [1.29, 1.82) is 0 Å². The van der Waals surface area contributed by atoms with Crippen LogP contribution in [0.5, 0.6) is 0 Å². The lowest BCUT2D eigenvalue weighted by Crippen LogP contribution is -2.15. The van der Waals surface area contributed by atoms with Crippen LogP contribution in [0.25, 0.3) is 11.1 Å². The highest BCUT2D eigenvalue weighted by Gasteiger charge is 2.02. The molecule has 21 heavy (non-hydrogen) atoms. The van der Waals surface area contributed by atoms with Gasteiger partial charge < -0.3 is 5.32 Å². The number of thiophene rings is 2. The Morgan fingerprint density at radius 1 is 0.952 bits per heavy atom. The highest BCUT2D eigenvalue weighted by atomic mass is 79.9. The molecule has 0 saturated heterocycles. The van der Waals surface area contributed by atoms with E-state index in [1.54, 1.807) is 0 Å². The van der Waals surface area contributed by atoms with E-state index in [1.165, 1.54) is 24.7 Å². The van der Waals surface area contributed by atoms with Crippen molar-refractivity contribution < 1.29 is 0 Å². The lowest BCUT2D eigenvalue weighted by molar-refractivity contribution is 0.697.